The fraction of sp³-hybridized carbons (Fsp3) is 0.700. The smallest absolute Gasteiger partial charge is 0.261 e. The highest BCUT2D eigenvalue weighted by Gasteiger charge is 2.22. The van der Waals surface area contributed by atoms with Gasteiger partial charge in [0.2, 0.25) is 0 Å². The van der Waals surface area contributed by atoms with E-state index in [9.17, 15) is 17.2 Å². The number of ether oxygens (including phenoxy) is 1. The summed E-state index contributed by atoms with van der Waals surface area (Å²) in [5.74, 6) is 0. The number of halogens is 2. The first-order valence-corrected chi connectivity index (χ1v) is 7.40. The summed E-state index contributed by atoms with van der Waals surface area (Å²) < 4.78 is 54.5. The molecular formula is C10H18F2N4O3S. The number of sulfonamides is 1. The molecule has 0 aliphatic carbocycles. The Hall–Kier alpha value is -1.10. The van der Waals surface area contributed by atoms with Gasteiger partial charge in [-0.1, -0.05) is 0 Å². The molecule has 7 nitrogen and oxygen atoms in total. The Morgan fingerprint density at radius 2 is 2.15 bits per heavy atom. The molecule has 1 aromatic rings. The molecule has 0 saturated heterocycles. The van der Waals surface area contributed by atoms with Crippen LogP contribution in [0.3, 0.4) is 0 Å². The third-order valence-corrected chi connectivity index (χ3v) is 3.86. The van der Waals surface area contributed by atoms with Crippen LogP contribution in [0.15, 0.2) is 5.03 Å². The van der Waals surface area contributed by atoms with Crippen LogP contribution in [0, 0.1) is 6.92 Å². The van der Waals surface area contributed by atoms with Crippen LogP contribution in [0.4, 0.5) is 8.78 Å². The number of aryl methyl sites for hydroxylation is 1. The normalized spacial score (nSPS) is 12.2. The van der Waals surface area contributed by atoms with Gasteiger partial charge in [-0.3, -0.25) is 5.10 Å². The van der Waals surface area contributed by atoms with Gasteiger partial charge in [0.05, 0.1) is 6.61 Å². The number of nitrogens with one attached hydrogen (secondary N) is 3. The molecule has 0 aliphatic heterocycles. The van der Waals surface area contributed by atoms with Crippen LogP contribution in [0.2, 0.25) is 0 Å². The maximum atomic E-state index is 12.0. The molecular weight excluding hydrogens is 294 g/mol. The maximum Gasteiger partial charge on any atom is 0.261 e. The van der Waals surface area contributed by atoms with Gasteiger partial charge in [0.15, 0.2) is 5.03 Å². The second-order valence-corrected chi connectivity index (χ2v) is 5.71. The zero-order valence-electron chi connectivity index (χ0n) is 11.2. The van der Waals surface area contributed by atoms with E-state index in [2.05, 4.69) is 25.0 Å². The summed E-state index contributed by atoms with van der Waals surface area (Å²) >= 11 is 0. The molecule has 0 unspecified atom stereocenters. The molecule has 20 heavy (non-hydrogen) atoms. The Labute approximate surface area is 116 Å². The van der Waals surface area contributed by atoms with Gasteiger partial charge in [0, 0.05) is 24.3 Å². The summed E-state index contributed by atoms with van der Waals surface area (Å²) in [5, 5.41) is 9.12. The van der Waals surface area contributed by atoms with Gasteiger partial charge < -0.3 is 10.1 Å². The minimum Gasteiger partial charge on any atom is -0.374 e. The van der Waals surface area contributed by atoms with Gasteiger partial charge in [0.1, 0.15) is 6.61 Å². The number of alkyl halides is 2. The van der Waals surface area contributed by atoms with Gasteiger partial charge in [-0.15, -0.1) is 0 Å². The molecule has 116 valence electrons. The van der Waals surface area contributed by atoms with Gasteiger partial charge >= 0.3 is 0 Å². The highest BCUT2D eigenvalue weighted by atomic mass is 32.2. The van der Waals surface area contributed by atoms with E-state index >= 15 is 0 Å². The zero-order valence-corrected chi connectivity index (χ0v) is 12.1. The van der Waals surface area contributed by atoms with E-state index < -0.39 is 23.1 Å². The molecule has 1 aromatic heterocycles. The predicted molar refractivity (Wildman–Crippen MR) is 68.1 cm³/mol. The molecule has 0 atom stereocenters. The second-order valence-electron chi connectivity index (χ2n) is 4.03. The third-order valence-electron chi connectivity index (χ3n) is 2.43. The molecule has 0 aromatic carbocycles. The van der Waals surface area contributed by atoms with Gasteiger partial charge in [-0.25, -0.2) is 21.9 Å². The first kappa shape index (κ1) is 17.0. The van der Waals surface area contributed by atoms with E-state index in [1.54, 1.807) is 14.0 Å². The number of H-pyrrole nitrogens is 1. The van der Waals surface area contributed by atoms with Crippen molar-refractivity contribution in [2.75, 3.05) is 26.8 Å². The molecule has 0 radical (unpaired) electrons. The Balaban J connectivity index is 2.60. The summed E-state index contributed by atoms with van der Waals surface area (Å²) in [7, 11) is -2.10. The highest BCUT2D eigenvalue weighted by molar-refractivity contribution is 7.89. The molecule has 0 fully saturated rings. The summed E-state index contributed by atoms with van der Waals surface area (Å²) in [6.07, 6.45) is -2.57. The van der Waals surface area contributed by atoms with Crippen molar-refractivity contribution in [2.45, 2.75) is 24.9 Å². The molecule has 3 N–H and O–H groups in total. The van der Waals surface area contributed by atoms with Crippen LogP contribution in [-0.2, 0) is 21.3 Å². The number of aromatic nitrogens is 2. The van der Waals surface area contributed by atoms with Crippen LogP contribution in [-0.4, -0.2) is 51.8 Å². The zero-order chi connectivity index (χ0) is 15.2. The van der Waals surface area contributed by atoms with Crippen LogP contribution >= 0.6 is 0 Å². The van der Waals surface area contributed by atoms with E-state index in [0.717, 1.165) is 0 Å². The lowest BCUT2D eigenvalue weighted by atomic mass is 10.3. The second kappa shape index (κ2) is 7.62. The van der Waals surface area contributed by atoms with Crippen LogP contribution in [0.1, 0.15) is 11.3 Å². The van der Waals surface area contributed by atoms with Crippen molar-refractivity contribution in [3.05, 3.63) is 11.3 Å². The van der Waals surface area contributed by atoms with E-state index in [0.29, 0.717) is 17.8 Å². The Kier molecular flexibility index (Phi) is 6.46. The number of aromatic amines is 1. The average molecular weight is 312 g/mol. The van der Waals surface area contributed by atoms with Gasteiger partial charge in [0.25, 0.3) is 16.4 Å². The fourth-order valence-electron chi connectivity index (χ4n) is 1.53. The standard InChI is InChI=1S/C10H18F2N4O3S/c1-7-8(5-13-2)10(16-15-7)20(17,18)14-3-4-19-6-9(11)12/h9,13-14H,3-6H2,1-2H3,(H,15,16). The van der Waals surface area contributed by atoms with E-state index in [-0.39, 0.29) is 18.2 Å². The number of hydrogen-bond donors (Lipinski definition) is 3. The van der Waals surface area contributed by atoms with E-state index in [1.165, 1.54) is 0 Å². The largest absolute Gasteiger partial charge is 0.374 e. The molecule has 0 aliphatic rings. The molecule has 10 heteroatoms. The fourth-order valence-corrected chi connectivity index (χ4v) is 2.73. The van der Waals surface area contributed by atoms with Crippen molar-refractivity contribution in [3.63, 3.8) is 0 Å². The molecule has 1 heterocycles. The van der Waals surface area contributed by atoms with Crippen molar-refractivity contribution in [1.29, 1.82) is 0 Å². The summed E-state index contributed by atoms with van der Waals surface area (Å²) in [4.78, 5) is 0. The van der Waals surface area contributed by atoms with Crippen molar-refractivity contribution < 1.29 is 21.9 Å². The highest BCUT2D eigenvalue weighted by Crippen LogP contribution is 2.15. The monoisotopic (exact) mass is 312 g/mol. The molecule has 0 bridgehead atoms. The number of hydrogen-bond acceptors (Lipinski definition) is 5. The summed E-state index contributed by atoms with van der Waals surface area (Å²) in [5.41, 5.74) is 1.18. The topological polar surface area (TPSA) is 96.1 Å². The van der Waals surface area contributed by atoms with Crippen LogP contribution in [0.5, 0.6) is 0 Å². The quantitative estimate of drug-likeness (QED) is 0.558. The molecule has 0 amide bonds. The average Bonchev–Trinajstić information content (AvgIpc) is 2.71. The summed E-state index contributed by atoms with van der Waals surface area (Å²) in [6.45, 7) is 1.12. The van der Waals surface area contributed by atoms with Crippen molar-refractivity contribution in [3.8, 4) is 0 Å². The lowest BCUT2D eigenvalue weighted by Crippen LogP contribution is -2.29. The third kappa shape index (κ3) is 4.78. The van der Waals surface area contributed by atoms with Gasteiger partial charge in [-0.2, -0.15) is 5.10 Å². The minimum absolute atomic E-state index is 0.0973. The Morgan fingerprint density at radius 3 is 2.75 bits per heavy atom. The lowest BCUT2D eigenvalue weighted by Gasteiger charge is -2.07. The van der Waals surface area contributed by atoms with Crippen LogP contribution in [0.25, 0.3) is 0 Å². The molecule has 0 saturated carbocycles. The number of rotatable bonds is 9. The predicted octanol–water partition coefficient (Wildman–Crippen LogP) is -0.00248. The Morgan fingerprint density at radius 1 is 1.45 bits per heavy atom. The first-order valence-electron chi connectivity index (χ1n) is 5.92. The lowest BCUT2D eigenvalue weighted by molar-refractivity contribution is 0.0199. The summed E-state index contributed by atoms with van der Waals surface area (Å²) in [6, 6.07) is 0. The van der Waals surface area contributed by atoms with Crippen molar-refractivity contribution in [2.24, 2.45) is 0 Å². The molecule has 1 rings (SSSR count). The minimum atomic E-state index is -3.79. The first-order chi connectivity index (χ1) is 9.38. The van der Waals surface area contributed by atoms with Crippen LogP contribution < -0.4 is 10.0 Å². The molecule has 0 spiro atoms. The SMILES string of the molecule is CNCc1c(S(=O)(=O)NCCOCC(F)F)n[nH]c1C. The number of nitrogens with zero attached hydrogens (tertiary/aromatic N) is 1. The van der Waals surface area contributed by atoms with E-state index in [1.807, 2.05) is 0 Å². The maximum absolute atomic E-state index is 12.0. The van der Waals surface area contributed by atoms with Crippen molar-refractivity contribution in [1.82, 2.24) is 20.2 Å². The van der Waals surface area contributed by atoms with E-state index in [4.69, 9.17) is 0 Å². The van der Waals surface area contributed by atoms with Crippen molar-refractivity contribution >= 4 is 10.0 Å². The van der Waals surface area contributed by atoms with Gasteiger partial charge in [-0.05, 0) is 14.0 Å². The Bertz CT molecular complexity index is 519.